The first-order chi connectivity index (χ1) is 7.47. The van der Waals surface area contributed by atoms with Gasteiger partial charge in [-0.3, -0.25) is 0 Å². The van der Waals surface area contributed by atoms with Crippen LogP contribution in [-0.4, -0.2) is 10.3 Å². The molecule has 0 fully saturated rings. The van der Waals surface area contributed by atoms with Crippen molar-refractivity contribution in [2.45, 2.75) is 19.4 Å². The van der Waals surface area contributed by atoms with E-state index in [0.29, 0.717) is 11.6 Å². The highest BCUT2D eigenvalue weighted by molar-refractivity contribution is 5.60. The lowest BCUT2D eigenvalue weighted by atomic mass is 9.97. The quantitative estimate of drug-likeness (QED) is 0.810. The Morgan fingerprint density at radius 3 is 2.31 bits per heavy atom. The molecule has 0 unspecified atom stereocenters. The van der Waals surface area contributed by atoms with E-state index in [9.17, 15) is 5.11 Å². The third kappa shape index (κ3) is 2.06. The fraction of sp³-hybridized carbons (Fsp3) is 0.250. The number of rotatable bonds is 2. The van der Waals surface area contributed by atoms with Gasteiger partial charge in [0.25, 0.3) is 0 Å². The minimum Gasteiger partial charge on any atom is -0.386 e. The summed E-state index contributed by atoms with van der Waals surface area (Å²) in [6, 6.07) is 9.11. The molecule has 2 aromatic rings. The smallest absolute Gasteiger partial charge is 0.169 e. The van der Waals surface area contributed by atoms with Crippen molar-refractivity contribution in [1.29, 1.82) is 0 Å². The van der Waals surface area contributed by atoms with Crippen LogP contribution in [0.3, 0.4) is 0 Å². The second-order valence-corrected chi connectivity index (χ2v) is 4.25. The maximum absolute atomic E-state index is 9.80. The summed E-state index contributed by atoms with van der Waals surface area (Å²) in [7, 11) is 0. The summed E-state index contributed by atoms with van der Waals surface area (Å²) in [5, 5.41) is 13.4. The highest BCUT2D eigenvalue weighted by atomic mass is 16.5. The number of benzene rings is 1. The number of hydrogen-bond donors (Lipinski definition) is 2. The molecule has 0 spiro atoms. The van der Waals surface area contributed by atoms with Gasteiger partial charge >= 0.3 is 0 Å². The zero-order chi connectivity index (χ0) is 11.8. The molecular weight excluding hydrogens is 204 g/mol. The molecule has 1 aromatic carbocycles. The van der Waals surface area contributed by atoms with E-state index in [1.807, 2.05) is 24.3 Å². The molecule has 0 aliphatic carbocycles. The summed E-state index contributed by atoms with van der Waals surface area (Å²) in [4.78, 5) is 0. The molecule has 0 saturated carbocycles. The molecule has 1 heterocycles. The number of nitrogen functional groups attached to an aromatic ring is 1. The zero-order valence-electron chi connectivity index (χ0n) is 9.27. The molecule has 1 aromatic heterocycles. The molecule has 0 amide bonds. The van der Waals surface area contributed by atoms with Gasteiger partial charge in [-0.1, -0.05) is 29.4 Å². The van der Waals surface area contributed by atoms with Crippen LogP contribution in [0, 0.1) is 0 Å². The lowest BCUT2D eigenvalue weighted by Gasteiger charge is -2.17. The Bertz CT molecular complexity index is 480. The summed E-state index contributed by atoms with van der Waals surface area (Å²) in [5.41, 5.74) is 6.37. The highest BCUT2D eigenvalue weighted by Gasteiger charge is 2.15. The molecule has 0 saturated heterocycles. The first-order valence-corrected chi connectivity index (χ1v) is 5.02. The minimum absolute atomic E-state index is 0.363. The van der Waals surface area contributed by atoms with Crippen molar-refractivity contribution in [3.8, 4) is 11.3 Å². The third-order valence-corrected chi connectivity index (χ3v) is 2.40. The summed E-state index contributed by atoms with van der Waals surface area (Å²) in [6.07, 6.45) is 0. The Hall–Kier alpha value is -1.81. The monoisotopic (exact) mass is 218 g/mol. The van der Waals surface area contributed by atoms with E-state index < -0.39 is 5.60 Å². The van der Waals surface area contributed by atoms with Crippen LogP contribution < -0.4 is 5.73 Å². The van der Waals surface area contributed by atoms with Crippen molar-refractivity contribution in [3.63, 3.8) is 0 Å². The van der Waals surface area contributed by atoms with Crippen LogP contribution in [0.1, 0.15) is 19.4 Å². The Labute approximate surface area is 93.7 Å². The van der Waals surface area contributed by atoms with Crippen LogP contribution in [0.15, 0.2) is 34.9 Å². The minimum atomic E-state index is -0.834. The molecule has 0 aliphatic rings. The molecule has 2 rings (SSSR count). The number of nitrogens with zero attached hydrogens (tertiary/aromatic N) is 1. The average molecular weight is 218 g/mol. The Morgan fingerprint density at radius 1 is 1.25 bits per heavy atom. The van der Waals surface area contributed by atoms with E-state index in [4.69, 9.17) is 10.3 Å². The van der Waals surface area contributed by atoms with Gasteiger partial charge in [-0.2, -0.15) is 0 Å². The van der Waals surface area contributed by atoms with Crippen molar-refractivity contribution < 1.29 is 9.63 Å². The SMILES string of the molecule is CC(C)(O)c1ccc(-c2cc(N)no2)cc1. The second kappa shape index (κ2) is 3.64. The van der Waals surface area contributed by atoms with Crippen LogP contribution in [0.5, 0.6) is 0 Å². The normalized spacial score (nSPS) is 11.7. The van der Waals surface area contributed by atoms with Crippen molar-refractivity contribution in [3.05, 3.63) is 35.9 Å². The van der Waals surface area contributed by atoms with Gasteiger partial charge in [0.2, 0.25) is 0 Å². The van der Waals surface area contributed by atoms with Crippen molar-refractivity contribution in [2.75, 3.05) is 5.73 Å². The van der Waals surface area contributed by atoms with Crippen LogP contribution >= 0.6 is 0 Å². The lowest BCUT2D eigenvalue weighted by molar-refractivity contribution is 0.0786. The van der Waals surface area contributed by atoms with Crippen molar-refractivity contribution >= 4 is 5.82 Å². The fourth-order valence-corrected chi connectivity index (χ4v) is 1.47. The van der Waals surface area contributed by atoms with Crippen LogP contribution in [0.2, 0.25) is 0 Å². The maximum atomic E-state index is 9.80. The Morgan fingerprint density at radius 2 is 1.88 bits per heavy atom. The summed E-state index contributed by atoms with van der Waals surface area (Å²) in [6.45, 7) is 3.49. The van der Waals surface area contributed by atoms with E-state index in [1.54, 1.807) is 19.9 Å². The fourth-order valence-electron chi connectivity index (χ4n) is 1.47. The number of anilines is 1. The third-order valence-electron chi connectivity index (χ3n) is 2.40. The zero-order valence-corrected chi connectivity index (χ0v) is 9.27. The topological polar surface area (TPSA) is 72.3 Å². The number of aliphatic hydroxyl groups is 1. The predicted molar refractivity (Wildman–Crippen MR) is 61.6 cm³/mol. The van der Waals surface area contributed by atoms with Crippen LogP contribution in [0.4, 0.5) is 5.82 Å². The highest BCUT2D eigenvalue weighted by Crippen LogP contribution is 2.25. The predicted octanol–water partition coefficient (Wildman–Crippen LogP) is 2.15. The van der Waals surface area contributed by atoms with Gasteiger partial charge in [0, 0.05) is 11.6 Å². The van der Waals surface area contributed by atoms with E-state index in [0.717, 1.165) is 11.1 Å². The molecule has 16 heavy (non-hydrogen) atoms. The van der Waals surface area contributed by atoms with Gasteiger partial charge in [-0.05, 0) is 19.4 Å². The standard InChI is InChI=1S/C12H14N2O2/c1-12(2,15)9-5-3-8(4-6-9)10-7-11(13)14-16-10/h3-7,15H,1-2H3,(H2,13,14). The molecule has 4 nitrogen and oxygen atoms in total. The van der Waals surface area contributed by atoms with Crippen molar-refractivity contribution in [2.24, 2.45) is 0 Å². The van der Waals surface area contributed by atoms with Gasteiger partial charge in [0.05, 0.1) is 5.60 Å². The molecule has 0 bridgehead atoms. The van der Waals surface area contributed by atoms with Crippen molar-refractivity contribution in [1.82, 2.24) is 5.16 Å². The lowest BCUT2D eigenvalue weighted by Crippen LogP contribution is -2.14. The number of nitrogens with two attached hydrogens (primary N) is 1. The first kappa shape index (κ1) is 10.7. The number of hydrogen-bond acceptors (Lipinski definition) is 4. The van der Waals surface area contributed by atoms with Gasteiger partial charge in [0.1, 0.15) is 0 Å². The first-order valence-electron chi connectivity index (χ1n) is 5.02. The Balaban J connectivity index is 2.33. The molecule has 0 aliphatic heterocycles. The van der Waals surface area contributed by atoms with E-state index in [2.05, 4.69) is 5.16 Å². The summed E-state index contributed by atoms with van der Waals surface area (Å²) >= 11 is 0. The molecular formula is C12H14N2O2. The number of aromatic nitrogens is 1. The summed E-state index contributed by atoms with van der Waals surface area (Å²) < 4.78 is 5.04. The second-order valence-electron chi connectivity index (χ2n) is 4.25. The largest absolute Gasteiger partial charge is 0.386 e. The van der Waals surface area contributed by atoms with Crippen LogP contribution in [0.25, 0.3) is 11.3 Å². The van der Waals surface area contributed by atoms with E-state index in [1.165, 1.54) is 0 Å². The van der Waals surface area contributed by atoms with Gasteiger partial charge < -0.3 is 15.4 Å². The average Bonchev–Trinajstić information content (AvgIpc) is 2.64. The molecule has 0 atom stereocenters. The Kier molecular flexibility index (Phi) is 2.44. The molecule has 0 radical (unpaired) electrons. The molecule has 3 N–H and O–H groups in total. The van der Waals surface area contributed by atoms with Gasteiger partial charge in [-0.25, -0.2) is 0 Å². The summed E-state index contributed by atoms with van der Waals surface area (Å²) in [5.74, 6) is 0.987. The van der Waals surface area contributed by atoms with Gasteiger partial charge in [0.15, 0.2) is 11.6 Å². The van der Waals surface area contributed by atoms with Gasteiger partial charge in [-0.15, -0.1) is 0 Å². The molecule has 84 valence electrons. The van der Waals surface area contributed by atoms with E-state index >= 15 is 0 Å². The maximum Gasteiger partial charge on any atom is 0.169 e. The van der Waals surface area contributed by atoms with Crippen LogP contribution in [-0.2, 0) is 5.60 Å². The molecule has 4 heteroatoms. The van der Waals surface area contributed by atoms with E-state index in [-0.39, 0.29) is 0 Å².